The molecule has 3 aromatic carbocycles. The second kappa shape index (κ2) is 15.8. The zero-order chi connectivity index (χ0) is 32.3. The van der Waals surface area contributed by atoms with Crippen LogP contribution in [0.25, 0.3) is 0 Å². The fourth-order valence-electron chi connectivity index (χ4n) is 4.92. The van der Waals surface area contributed by atoms with Crippen molar-refractivity contribution in [2.45, 2.75) is 25.3 Å². The molecule has 1 heterocycles. The molecule has 0 bridgehead atoms. The lowest BCUT2D eigenvalue weighted by Crippen LogP contribution is -2.64. The topological polar surface area (TPSA) is 97.9 Å². The Hall–Kier alpha value is -4.71. The van der Waals surface area contributed by atoms with E-state index in [1.165, 1.54) is 42.2 Å². The molecule has 45 heavy (non-hydrogen) atoms. The molecule has 0 aromatic heterocycles. The van der Waals surface area contributed by atoms with Crippen LogP contribution in [0, 0.1) is 0 Å². The number of amides is 3. The van der Waals surface area contributed by atoms with Crippen molar-refractivity contribution >= 4 is 23.9 Å². The average molecular weight is 626 g/mol. The molecule has 1 fully saturated rings. The Morgan fingerprint density at radius 1 is 0.956 bits per heavy atom. The summed E-state index contributed by atoms with van der Waals surface area (Å²) in [6.07, 6.45) is -0.758. The summed E-state index contributed by atoms with van der Waals surface area (Å²) in [6, 6.07) is 18.2. The van der Waals surface area contributed by atoms with E-state index in [0.29, 0.717) is 17.8 Å². The summed E-state index contributed by atoms with van der Waals surface area (Å²) in [5, 5.41) is 0. The molecule has 3 aromatic rings. The minimum Gasteiger partial charge on any atom is -0.493 e. The fraction of sp³-hybridized carbons (Fsp3) is 0.364. The summed E-state index contributed by atoms with van der Waals surface area (Å²) < 4.78 is 47.8. The monoisotopic (exact) mass is 625 g/mol. The number of hydrogen-bond acceptors (Lipinski definition) is 7. The Kier molecular flexibility index (Phi) is 11.7. The van der Waals surface area contributed by atoms with E-state index in [1.54, 1.807) is 24.1 Å². The van der Waals surface area contributed by atoms with Crippen LogP contribution in [0.1, 0.15) is 21.5 Å². The standard InChI is InChI=1S/C33H37F2N3O7/c1-36(17-24-9-12-30(42-2)31(13-24)43-3)33(41)38(29-11-10-27(14-25(29)20-39)45-28(15-34)16-35)26-18-37(19-26)32(40)22-44-21-23-7-5-4-6-8-23/h4-14,20,26,28H,15-19,21-22H2,1-3H3. The first-order valence-corrected chi connectivity index (χ1v) is 14.3. The van der Waals surface area contributed by atoms with Crippen LogP contribution in [0.15, 0.2) is 66.7 Å². The van der Waals surface area contributed by atoms with Gasteiger partial charge in [-0.05, 0) is 41.5 Å². The van der Waals surface area contributed by atoms with Crippen LogP contribution in [0.5, 0.6) is 17.2 Å². The van der Waals surface area contributed by atoms with E-state index in [9.17, 15) is 23.2 Å². The number of methoxy groups -OCH3 is 2. The molecule has 3 amide bonds. The van der Waals surface area contributed by atoms with Crippen molar-refractivity contribution < 1.29 is 42.1 Å². The Morgan fingerprint density at radius 2 is 1.67 bits per heavy atom. The van der Waals surface area contributed by atoms with Gasteiger partial charge in [-0.15, -0.1) is 0 Å². The molecule has 1 aliphatic heterocycles. The molecule has 0 radical (unpaired) electrons. The van der Waals surface area contributed by atoms with E-state index in [1.807, 2.05) is 36.4 Å². The van der Waals surface area contributed by atoms with Crippen molar-refractivity contribution in [1.82, 2.24) is 9.80 Å². The van der Waals surface area contributed by atoms with E-state index in [4.69, 9.17) is 18.9 Å². The number of carbonyl (C=O) groups is 3. The first kappa shape index (κ1) is 33.2. The summed E-state index contributed by atoms with van der Waals surface area (Å²) >= 11 is 0. The number of urea groups is 1. The molecular formula is C33H37F2N3O7. The Balaban J connectivity index is 1.53. The maximum absolute atomic E-state index is 14.0. The number of nitrogens with zero attached hydrogens (tertiary/aromatic N) is 3. The second-order valence-corrected chi connectivity index (χ2v) is 10.5. The molecule has 0 saturated carbocycles. The number of ether oxygens (including phenoxy) is 4. The van der Waals surface area contributed by atoms with Crippen LogP contribution in [0.2, 0.25) is 0 Å². The van der Waals surface area contributed by atoms with Gasteiger partial charge in [0.15, 0.2) is 23.9 Å². The number of halogens is 2. The first-order valence-electron chi connectivity index (χ1n) is 14.3. The zero-order valence-electron chi connectivity index (χ0n) is 25.5. The molecule has 0 N–H and O–H groups in total. The molecule has 4 rings (SSSR count). The summed E-state index contributed by atoms with van der Waals surface area (Å²) in [5.74, 6) is 0.919. The summed E-state index contributed by atoms with van der Waals surface area (Å²) in [7, 11) is 4.67. The van der Waals surface area contributed by atoms with E-state index in [2.05, 4.69) is 0 Å². The molecule has 0 aliphatic carbocycles. The highest BCUT2D eigenvalue weighted by molar-refractivity contribution is 5.99. The van der Waals surface area contributed by atoms with Gasteiger partial charge in [-0.1, -0.05) is 36.4 Å². The third-order valence-corrected chi connectivity index (χ3v) is 7.35. The zero-order valence-corrected chi connectivity index (χ0v) is 25.5. The highest BCUT2D eigenvalue weighted by Crippen LogP contribution is 2.32. The van der Waals surface area contributed by atoms with Crippen molar-refractivity contribution in [2.24, 2.45) is 0 Å². The SMILES string of the molecule is COc1ccc(CN(C)C(=O)N(c2ccc(OC(CF)CF)cc2C=O)C2CN(C(=O)COCc3ccccc3)C2)cc1OC. The van der Waals surface area contributed by atoms with Crippen molar-refractivity contribution in [3.8, 4) is 17.2 Å². The lowest BCUT2D eigenvalue weighted by molar-refractivity contribution is -0.140. The van der Waals surface area contributed by atoms with Gasteiger partial charge < -0.3 is 28.7 Å². The Bertz CT molecular complexity index is 1450. The van der Waals surface area contributed by atoms with Crippen LogP contribution in [-0.4, -0.2) is 94.5 Å². The molecule has 0 unspecified atom stereocenters. The van der Waals surface area contributed by atoms with Gasteiger partial charge in [0, 0.05) is 32.2 Å². The normalized spacial score (nSPS) is 12.8. The molecule has 0 spiro atoms. The van der Waals surface area contributed by atoms with Gasteiger partial charge in [0.25, 0.3) is 0 Å². The first-order chi connectivity index (χ1) is 21.8. The quantitative estimate of drug-likeness (QED) is 0.226. The largest absolute Gasteiger partial charge is 0.493 e. The second-order valence-electron chi connectivity index (χ2n) is 10.5. The van der Waals surface area contributed by atoms with Crippen LogP contribution in [-0.2, 0) is 22.7 Å². The number of aldehydes is 1. The number of benzene rings is 3. The van der Waals surface area contributed by atoms with Crippen LogP contribution in [0.4, 0.5) is 19.3 Å². The van der Waals surface area contributed by atoms with Crippen molar-refractivity contribution in [1.29, 1.82) is 0 Å². The van der Waals surface area contributed by atoms with Gasteiger partial charge in [0.05, 0.1) is 32.6 Å². The maximum Gasteiger partial charge on any atom is 0.324 e. The molecule has 0 atom stereocenters. The Labute approximate surface area is 261 Å². The number of likely N-dealkylation sites (tertiary alicyclic amines) is 1. The van der Waals surface area contributed by atoms with Crippen molar-refractivity contribution in [3.63, 3.8) is 0 Å². The Morgan fingerprint density at radius 3 is 2.31 bits per heavy atom. The molecule has 10 nitrogen and oxygen atoms in total. The van der Waals surface area contributed by atoms with Crippen molar-refractivity contribution in [3.05, 3.63) is 83.4 Å². The average Bonchev–Trinajstić information content (AvgIpc) is 3.05. The van der Waals surface area contributed by atoms with Gasteiger partial charge >= 0.3 is 6.03 Å². The van der Waals surface area contributed by atoms with Crippen LogP contribution >= 0.6 is 0 Å². The van der Waals surface area contributed by atoms with E-state index in [-0.39, 0.29) is 55.8 Å². The van der Waals surface area contributed by atoms with Crippen LogP contribution in [0.3, 0.4) is 0 Å². The summed E-state index contributed by atoms with van der Waals surface area (Å²) in [6.45, 7) is -1.28. The minimum atomic E-state index is -1.31. The van der Waals surface area contributed by atoms with E-state index in [0.717, 1.165) is 11.1 Å². The lowest BCUT2D eigenvalue weighted by Gasteiger charge is -2.46. The lowest BCUT2D eigenvalue weighted by atomic mass is 10.0. The smallest absolute Gasteiger partial charge is 0.324 e. The number of anilines is 1. The minimum absolute atomic E-state index is 0.0906. The number of rotatable bonds is 15. The highest BCUT2D eigenvalue weighted by atomic mass is 19.1. The molecule has 1 aliphatic rings. The summed E-state index contributed by atoms with van der Waals surface area (Å²) in [4.78, 5) is 43.6. The number of hydrogen-bond donors (Lipinski definition) is 0. The molecular weight excluding hydrogens is 588 g/mol. The summed E-state index contributed by atoms with van der Waals surface area (Å²) in [5.41, 5.74) is 2.08. The maximum atomic E-state index is 14.0. The van der Waals surface area contributed by atoms with E-state index < -0.39 is 31.5 Å². The fourth-order valence-corrected chi connectivity index (χ4v) is 4.92. The third-order valence-electron chi connectivity index (χ3n) is 7.35. The van der Waals surface area contributed by atoms with E-state index >= 15 is 0 Å². The van der Waals surface area contributed by atoms with Gasteiger partial charge in [-0.2, -0.15) is 0 Å². The molecule has 240 valence electrons. The van der Waals surface area contributed by atoms with Gasteiger partial charge in [-0.3, -0.25) is 14.5 Å². The predicted octanol–water partition coefficient (Wildman–Crippen LogP) is 4.69. The van der Waals surface area contributed by atoms with Crippen LogP contribution < -0.4 is 19.1 Å². The van der Waals surface area contributed by atoms with Gasteiger partial charge in [0.1, 0.15) is 25.7 Å². The molecule has 1 saturated heterocycles. The van der Waals surface area contributed by atoms with Gasteiger partial charge in [0.2, 0.25) is 5.91 Å². The van der Waals surface area contributed by atoms with Gasteiger partial charge in [-0.25, -0.2) is 13.6 Å². The van der Waals surface area contributed by atoms with Crippen molar-refractivity contribution in [2.75, 3.05) is 59.2 Å². The third kappa shape index (κ3) is 8.27. The number of carbonyl (C=O) groups excluding carboxylic acids is 3. The number of alkyl halides is 2. The predicted molar refractivity (Wildman–Crippen MR) is 164 cm³/mol. The highest BCUT2D eigenvalue weighted by Gasteiger charge is 2.40. The molecule has 12 heteroatoms.